The van der Waals surface area contributed by atoms with Crippen LogP contribution in [0.4, 0.5) is 0 Å². The van der Waals surface area contributed by atoms with Gasteiger partial charge in [0.15, 0.2) is 5.96 Å². The molecule has 1 aromatic rings. The van der Waals surface area contributed by atoms with Crippen LogP contribution in [0.15, 0.2) is 22.5 Å². The molecule has 5 nitrogen and oxygen atoms in total. The Balaban J connectivity index is 0.00000192. The molecule has 2 heterocycles. The summed E-state index contributed by atoms with van der Waals surface area (Å²) in [5.41, 5.74) is 0. The monoisotopic (exact) mass is 450 g/mol. The van der Waals surface area contributed by atoms with Crippen LogP contribution in [-0.4, -0.2) is 56.3 Å². The summed E-state index contributed by atoms with van der Waals surface area (Å²) in [5.74, 6) is 0.922. The van der Waals surface area contributed by atoms with E-state index in [1.54, 1.807) is 0 Å². The van der Waals surface area contributed by atoms with E-state index < -0.39 is 0 Å². The van der Waals surface area contributed by atoms with E-state index in [0.29, 0.717) is 18.2 Å². The molecule has 0 amide bonds. The van der Waals surface area contributed by atoms with Gasteiger partial charge < -0.3 is 15.4 Å². The molecule has 0 radical (unpaired) electrons. The second kappa shape index (κ2) is 9.19. The van der Waals surface area contributed by atoms with Gasteiger partial charge in [-0.05, 0) is 31.2 Å². The summed E-state index contributed by atoms with van der Waals surface area (Å²) in [6.07, 6.45) is 2.83. The number of halogens is 1. The van der Waals surface area contributed by atoms with E-state index in [2.05, 4.69) is 45.0 Å². The highest BCUT2D eigenvalue weighted by atomic mass is 127. The van der Waals surface area contributed by atoms with Crippen LogP contribution in [0.1, 0.15) is 30.7 Å². The third-order valence-electron chi connectivity index (χ3n) is 4.19. The van der Waals surface area contributed by atoms with Crippen molar-refractivity contribution in [2.45, 2.75) is 38.0 Å². The Morgan fingerprint density at radius 2 is 2.35 bits per heavy atom. The summed E-state index contributed by atoms with van der Waals surface area (Å²) < 4.78 is 5.69. The number of nitrogens with zero attached hydrogens (tertiary/aromatic N) is 2. The lowest BCUT2D eigenvalue weighted by Crippen LogP contribution is -2.48. The van der Waals surface area contributed by atoms with E-state index in [-0.39, 0.29) is 24.0 Å². The van der Waals surface area contributed by atoms with Crippen molar-refractivity contribution in [1.82, 2.24) is 15.5 Å². The zero-order chi connectivity index (χ0) is 15.4. The standard InChI is InChI=1S/C16H26N4OS.HI/c1-12-11-20(7-8-21-12)14(15-4-3-9-22-15)10-18-16(17-2)19-13-5-6-13;/h3-4,9,12-14H,5-8,10-11H2,1-2H3,(H2,17,18,19);1H. The molecule has 1 saturated carbocycles. The molecular formula is C16H27IN4OS. The van der Waals surface area contributed by atoms with E-state index in [0.717, 1.165) is 32.2 Å². The molecule has 3 rings (SSSR count). The number of hydrogen-bond acceptors (Lipinski definition) is 4. The van der Waals surface area contributed by atoms with E-state index in [1.165, 1.54) is 17.7 Å². The van der Waals surface area contributed by atoms with Gasteiger partial charge in [0.1, 0.15) is 0 Å². The number of rotatable bonds is 5. The zero-order valence-corrected chi connectivity index (χ0v) is 17.0. The summed E-state index contributed by atoms with van der Waals surface area (Å²) in [5, 5.41) is 9.11. The van der Waals surface area contributed by atoms with Gasteiger partial charge in [-0.3, -0.25) is 9.89 Å². The highest BCUT2D eigenvalue weighted by Crippen LogP contribution is 2.26. The van der Waals surface area contributed by atoms with E-state index >= 15 is 0 Å². The van der Waals surface area contributed by atoms with Crippen molar-refractivity contribution < 1.29 is 4.74 Å². The number of morpholine rings is 1. The van der Waals surface area contributed by atoms with Gasteiger partial charge in [-0.15, -0.1) is 35.3 Å². The molecule has 2 N–H and O–H groups in total. The molecule has 2 aliphatic rings. The molecule has 0 bridgehead atoms. The highest BCUT2D eigenvalue weighted by Gasteiger charge is 2.27. The van der Waals surface area contributed by atoms with Crippen LogP contribution in [0.3, 0.4) is 0 Å². The molecule has 2 atom stereocenters. The summed E-state index contributed by atoms with van der Waals surface area (Å²) >= 11 is 1.83. The Morgan fingerprint density at radius 3 is 2.96 bits per heavy atom. The van der Waals surface area contributed by atoms with Crippen molar-refractivity contribution in [2.24, 2.45) is 4.99 Å². The molecule has 23 heavy (non-hydrogen) atoms. The van der Waals surface area contributed by atoms with Crippen LogP contribution in [0.2, 0.25) is 0 Å². The lowest BCUT2D eigenvalue weighted by Gasteiger charge is -2.37. The third-order valence-corrected chi connectivity index (χ3v) is 5.16. The Labute approximate surface area is 159 Å². The summed E-state index contributed by atoms with van der Waals surface area (Å²) in [6, 6.07) is 5.36. The minimum Gasteiger partial charge on any atom is -0.376 e. The van der Waals surface area contributed by atoms with Crippen LogP contribution in [0.5, 0.6) is 0 Å². The first-order chi connectivity index (χ1) is 10.8. The predicted octanol–water partition coefficient (Wildman–Crippen LogP) is 2.46. The molecule has 1 aliphatic carbocycles. The van der Waals surface area contributed by atoms with E-state index in [1.807, 2.05) is 18.4 Å². The lowest BCUT2D eigenvalue weighted by atomic mass is 10.1. The van der Waals surface area contributed by atoms with Crippen molar-refractivity contribution in [2.75, 3.05) is 33.3 Å². The van der Waals surface area contributed by atoms with Gasteiger partial charge in [0, 0.05) is 37.6 Å². The summed E-state index contributed by atoms with van der Waals surface area (Å²) in [7, 11) is 1.84. The van der Waals surface area contributed by atoms with Gasteiger partial charge >= 0.3 is 0 Å². The molecule has 7 heteroatoms. The first-order valence-electron chi connectivity index (χ1n) is 8.12. The lowest BCUT2D eigenvalue weighted by molar-refractivity contribution is -0.0334. The van der Waals surface area contributed by atoms with Gasteiger partial charge in [0.25, 0.3) is 0 Å². The van der Waals surface area contributed by atoms with Crippen molar-refractivity contribution in [3.05, 3.63) is 22.4 Å². The Hall–Kier alpha value is -0.380. The fraction of sp³-hybridized carbons (Fsp3) is 0.688. The number of ether oxygens (including phenoxy) is 1. The highest BCUT2D eigenvalue weighted by molar-refractivity contribution is 14.0. The average Bonchev–Trinajstić information content (AvgIpc) is 3.18. The quantitative estimate of drug-likeness (QED) is 0.411. The molecule has 1 aliphatic heterocycles. The largest absolute Gasteiger partial charge is 0.376 e. The molecule has 0 aromatic carbocycles. The number of thiophene rings is 1. The first-order valence-corrected chi connectivity index (χ1v) is 9.00. The minimum absolute atomic E-state index is 0. The Morgan fingerprint density at radius 1 is 1.52 bits per heavy atom. The number of aliphatic imine (C=N–C) groups is 1. The maximum atomic E-state index is 5.69. The smallest absolute Gasteiger partial charge is 0.191 e. The number of guanidine groups is 1. The molecule has 2 fully saturated rings. The molecule has 1 aromatic heterocycles. The predicted molar refractivity (Wildman–Crippen MR) is 107 cm³/mol. The molecule has 0 spiro atoms. The molecular weight excluding hydrogens is 423 g/mol. The van der Waals surface area contributed by atoms with Crippen molar-refractivity contribution in [3.8, 4) is 0 Å². The van der Waals surface area contributed by atoms with E-state index in [4.69, 9.17) is 4.74 Å². The fourth-order valence-electron chi connectivity index (χ4n) is 2.83. The Bertz CT molecular complexity index is 492. The Kier molecular flexibility index (Phi) is 7.58. The van der Waals surface area contributed by atoms with Crippen LogP contribution in [0.25, 0.3) is 0 Å². The summed E-state index contributed by atoms with van der Waals surface area (Å²) in [6.45, 7) is 5.82. The first kappa shape index (κ1) is 19.0. The topological polar surface area (TPSA) is 48.9 Å². The van der Waals surface area contributed by atoms with Crippen LogP contribution in [0, 0.1) is 0 Å². The van der Waals surface area contributed by atoms with Crippen molar-refractivity contribution in [3.63, 3.8) is 0 Å². The minimum atomic E-state index is 0. The van der Waals surface area contributed by atoms with Crippen LogP contribution >= 0.6 is 35.3 Å². The fourth-order valence-corrected chi connectivity index (χ4v) is 3.69. The normalized spacial score (nSPS) is 23.9. The summed E-state index contributed by atoms with van der Waals surface area (Å²) in [4.78, 5) is 8.27. The van der Waals surface area contributed by atoms with Crippen LogP contribution < -0.4 is 10.6 Å². The molecule has 2 unspecified atom stereocenters. The van der Waals surface area contributed by atoms with Gasteiger partial charge in [-0.1, -0.05) is 6.07 Å². The van der Waals surface area contributed by atoms with Gasteiger partial charge in [-0.25, -0.2) is 0 Å². The molecule has 1 saturated heterocycles. The van der Waals surface area contributed by atoms with Crippen LogP contribution in [-0.2, 0) is 4.74 Å². The maximum Gasteiger partial charge on any atom is 0.191 e. The van der Waals surface area contributed by atoms with Crippen molar-refractivity contribution >= 4 is 41.3 Å². The van der Waals surface area contributed by atoms with Gasteiger partial charge in [0.05, 0.1) is 18.8 Å². The maximum absolute atomic E-state index is 5.69. The van der Waals surface area contributed by atoms with Crippen molar-refractivity contribution in [1.29, 1.82) is 0 Å². The number of hydrogen-bond donors (Lipinski definition) is 2. The average molecular weight is 450 g/mol. The molecule has 130 valence electrons. The van der Waals surface area contributed by atoms with Gasteiger partial charge in [-0.2, -0.15) is 0 Å². The number of nitrogens with one attached hydrogen (secondary N) is 2. The zero-order valence-electron chi connectivity index (χ0n) is 13.8. The second-order valence-corrected chi connectivity index (χ2v) is 7.06. The van der Waals surface area contributed by atoms with E-state index in [9.17, 15) is 0 Å². The third kappa shape index (κ3) is 5.58. The van der Waals surface area contributed by atoms with Gasteiger partial charge in [0.2, 0.25) is 0 Å². The second-order valence-electron chi connectivity index (χ2n) is 6.08. The SMILES string of the molecule is CN=C(NCC(c1cccs1)N1CCOC(C)C1)NC1CC1.I.